The molecule has 3 aromatic rings. The highest BCUT2D eigenvalue weighted by molar-refractivity contribution is 7.93. The lowest BCUT2D eigenvalue weighted by Gasteiger charge is -2.09. The Morgan fingerprint density at radius 1 is 1.27 bits per heavy atom. The van der Waals surface area contributed by atoms with Gasteiger partial charge in [0.1, 0.15) is 15.5 Å². The fraction of sp³-hybridized carbons (Fsp3) is 0.176. The number of ether oxygens (including phenoxy) is 1. The van der Waals surface area contributed by atoms with Crippen LogP contribution >= 0.6 is 11.3 Å². The standard InChI is InChI=1S/C17H16N2O5S2/c1-10-11(2)24-16(18-10)12-5-4-6-13(9-12)19-26(21,22)14-7-8-25-15(14)17(20)23-3/h4-9,19H,1-3H3. The van der Waals surface area contributed by atoms with Crippen LogP contribution in [0.4, 0.5) is 5.69 Å². The fourth-order valence-electron chi connectivity index (χ4n) is 2.27. The summed E-state index contributed by atoms with van der Waals surface area (Å²) in [6, 6.07) is 8.05. The Balaban J connectivity index is 1.93. The van der Waals surface area contributed by atoms with Crippen LogP contribution < -0.4 is 4.72 Å². The minimum absolute atomic E-state index is 0.0232. The van der Waals surface area contributed by atoms with Gasteiger partial charge in [-0.3, -0.25) is 4.72 Å². The van der Waals surface area contributed by atoms with Crippen molar-refractivity contribution in [3.8, 4) is 11.5 Å². The van der Waals surface area contributed by atoms with Crippen LogP contribution in [0.5, 0.6) is 0 Å². The average molecular weight is 392 g/mol. The second-order valence-corrected chi connectivity index (χ2v) is 8.02. The molecular weight excluding hydrogens is 376 g/mol. The van der Waals surface area contributed by atoms with Crippen molar-refractivity contribution in [2.24, 2.45) is 0 Å². The Labute approximate surface area is 154 Å². The van der Waals surface area contributed by atoms with E-state index in [-0.39, 0.29) is 9.77 Å². The number of hydrogen-bond acceptors (Lipinski definition) is 7. The van der Waals surface area contributed by atoms with Crippen molar-refractivity contribution in [1.82, 2.24) is 4.98 Å². The number of methoxy groups -OCH3 is 1. The highest BCUT2D eigenvalue weighted by atomic mass is 32.2. The number of esters is 1. The van der Waals surface area contributed by atoms with Crippen LogP contribution in [0.2, 0.25) is 0 Å². The maximum atomic E-state index is 12.7. The van der Waals surface area contributed by atoms with Gasteiger partial charge >= 0.3 is 5.97 Å². The summed E-state index contributed by atoms with van der Waals surface area (Å²) in [5, 5.41) is 1.52. The van der Waals surface area contributed by atoms with E-state index in [0.29, 0.717) is 22.9 Å². The molecule has 26 heavy (non-hydrogen) atoms. The van der Waals surface area contributed by atoms with Gasteiger partial charge in [0.2, 0.25) is 5.89 Å². The number of carbonyl (C=O) groups excluding carboxylic acids is 1. The number of oxazole rings is 1. The summed E-state index contributed by atoms with van der Waals surface area (Å²) in [4.78, 5) is 16.0. The number of sulfonamides is 1. The molecule has 7 nitrogen and oxygen atoms in total. The van der Waals surface area contributed by atoms with E-state index in [1.165, 1.54) is 18.6 Å². The second-order valence-electron chi connectivity index (χ2n) is 5.45. The Kier molecular flexibility index (Phi) is 4.84. The first kappa shape index (κ1) is 18.2. The van der Waals surface area contributed by atoms with E-state index in [9.17, 15) is 13.2 Å². The monoisotopic (exact) mass is 392 g/mol. The molecule has 0 aliphatic heterocycles. The molecule has 0 spiro atoms. The van der Waals surface area contributed by atoms with Crippen LogP contribution in [-0.2, 0) is 14.8 Å². The van der Waals surface area contributed by atoms with E-state index in [1.807, 2.05) is 13.8 Å². The third-order valence-corrected chi connectivity index (χ3v) is 6.13. The van der Waals surface area contributed by atoms with Crippen LogP contribution in [0.3, 0.4) is 0 Å². The van der Waals surface area contributed by atoms with Gasteiger partial charge in [-0.05, 0) is 43.5 Å². The summed E-state index contributed by atoms with van der Waals surface area (Å²) >= 11 is 1.01. The first-order valence-electron chi connectivity index (χ1n) is 7.55. The first-order chi connectivity index (χ1) is 12.3. The molecule has 1 aromatic carbocycles. The Bertz CT molecular complexity index is 1050. The van der Waals surface area contributed by atoms with E-state index < -0.39 is 16.0 Å². The maximum Gasteiger partial charge on any atom is 0.349 e. The minimum atomic E-state index is -3.95. The number of nitrogens with one attached hydrogen (secondary N) is 1. The second kappa shape index (κ2) is 6.93. The van der Waals surface area contributed by atoms with Gasteiger partial charge in [-0.1, -0.05) is 6.07 Å². The van der Waals surface area contributed by atoms with Gasteiger partial charge in [-0.2, -0.15) is 0 Å². The number of anilines is 1. The third kappa shape index (κ3) is 3.49. The van der Waals surface area contributed by atoms with Gasteiger partial charge < -0.3 is 9.15 Å². The molecule has 136 valence electrons. The van der Waals surface area contributed by atoms with Gasteiger partial charge in [-0.25, -0.2) is 18.2 Å². The van der Waals surface area contributed by atoms with E-state index in [1.54, 1.807) is 24.3 Å². The van der Waals surface area contributed by atoms with Crippen molar-refractivity contribution in [2.45, 2.75) is 18.7 Å². The predicted octanol–water partition coefficient (Wildman–Crippen LogP) is 3.61. The molecule has 0 aliphatic rings. The quantitative estimate of drug-likeness (QED) is 0.666. The molecule has 9 heteroatoms. The van der Waals surface area contributed by atoms with Crippen LogP contribution in [0, 0.1) is 13.8 Å². The van der Waals surface area contributed by atoms with Crippen molar-refractivity contribution in [3.63, 3.8) is 0 Å². The third-order valence-electron chi connectivity index (χ3n) is 3.68. The topological polar surface area (TPSA) is 98.5 Å². The zero-order valence-corrected chi connectivity index (χ0v) is 15.9. The van der Waals surface area contributed by atoms with Crippen molar-refractivity contribution in [2.75, 3.05) is 11.8 Å². The molecule has 2 heterocycles. The summed E-state index contributed by atoms with van der Waals surface area (Å²) < 4.78 is 38.0. The first-order valence-corrected chi connectivity index (χ1v) is 9.91. The summed E-state index contributed by atoms with van der Waals surface area (Å²) in [7, 11) is -2.75. The van der Waals surface area contributed by atoms with Crippen LogP contribution in [-0.4, -0.2) is 26.5 Å². The molecule has 0 bridgehead atoms. The van der Waals surface area contributed by atoms with E-state index in [2.05, 4.69) is 14.4 Å². The number of nitrogens with zero attached hydrogens (tertiary/aromatic N) is 1. The molecule has 0 radical (unpaired) electrons. The van der Waals surface area contributed by atoms with Crippen LogP contribution in [0.25, 0.3) is 11.5 Å². The Morgan fingerprint density at radius 3 is 2.69 bits per heavy atom. The van der Waals surface area contributed by atoms with Crippen molar-refractivity contribution in [1.29, 1.82) is 0 Å². The van der Waals surface area contributed by atoms with E-state index >= 15 is 0 Å². The van der Waals surface area contributed by atoms with Gasteiger partial charge in [0.15, 0.2) is 0 Å². The molecule has 0 unspecified atom stereocenters. The van der Waals surface area contributed by atoms with Gasteiger partial charge in [0.25, 0.3) is 10.0 Å². The lowest BCUT2D eigenvalue weighted by Crippen LogP contribution is -2.15. The largest absolute Gasteiger partial charge is 0.465 e. The molecule has 0 fully saturated rings. The lowest BCUT2D eigenvalue weighted by molar-refractivity contribution is 0.0602. The molecule has 0 aliphatic carbocycles. The van der Waals surface area contributed by atoms with Crippen molar-refractivity contribution < 1.29 is 22.4 Å². The normalized spacial score (nSPS) is 11.3. The summed E-state index contributed by atoms with van der Waals surface area (Å²) in [5.41, 5.74) is 1.74. The maximum absolute atomic E-state index is 12.7. The van der Waals surface area contributed by atoms with Crippen molar-refractivity contribution in [3.05, 3.63) is 52.0 Å². The molecule has 2 aromatic heterocycles. The summed E-state index contributed by atoms with van der Waals surface area (Å²) in [6.45, 7) is 3.64. The van der Waals surface area contributed by atoms with Gasteiger partial charge in [-0.15, -0.1) is 11.3 Å². The SMILES string of the molecule is COC(=O)c1sccc1S(=O)(=O)Nc1cccc(-c2nc(C)c(C)o2)c1. The zero-order chi connectivity index (χ0) is 18.9. The highest BCUT2D eigenvalue weighted by Gasteiger charge is 2.25. The number of rotatable bonds is 5. The number of thiophene rings is 1. The molecule has 0 amide bonds. The van der Waals surface area contributed by atoms with E-state index in [0.717, 1.165) is 17.0 Å². The highest BCUT2D eigenvalue weighted by Crippen LogP contribution is 2.28. The smallest absolute Gasteiger partial charge is 0.349 e. The zero-order valence-electron chi connectivity index (χ0n) is 14.3. The van der Waals surface area contributed by atoms with Crippen molar-refractivity contribution >= 4 is 33.0 Å². The van der Waals surface area contributed by atoms with E-state index in [4.69, 9.17) is 4.42 Å². The van der Waals surface area contributed by atoms with Crippen LogP contribution in [0.15, 0.2) is 45.0 Å². The summed E-state index contributed by atoms with van der Waals surface area (Å²) in [6.07, 6.45) is 0. The number of hydrogen-bond donors (Lipinski definition) is 1. The molecule has 0 saturated heterocycles. The molecule has 0 saturated carbocycles. The lowest BCUT2D eigenvalue weighted by atomic mass is 10.2. The Hall–Kier alpha value is -2.65. The number of aromatic nitrogens is 1. The average Bonchev–Trinajstić information content (AvgIpc) is 3.22. The molecule has 1 N–H and O–H groups in total. The Morgan fingerprint density at radius 2 is 2.04 bits per heavy atom. The number of aryl methyl sites for hydroxylation is 2. The molecule has 3 rings (SSSR count). The van der Waals surface area contributed by atoms with Crippen LogP contribution in [0.1, 0.15) is 21.1 Å². The fourth-order valence-corrected chi connectivity index (χ4v) is 4.66. The summed E-state index contributed by atoms with van der Waals surface area (Å²) in [5.74, 6) is 0.415. The molecular formula is C17H16N2O5S2. The number of carbonyl (C=O) groups is 1. The van der Waals surface area contributed by atoms with Gasteiger partial charge in [0.05, 0.1) is 12.8 Å². The minimum Gasteiger partial charge on any atom is -0.465 e. The molecule has 0 atom stereocenters. The van der Waals surface area contributed by atoms with Gasteiger partial charge in [0, 0.05) is 11.3 Å². The predicted molar refractivity (Wildman–Crippen MR) is 97.9 cm³/mol. The number of benzene rings is 1.